The molecule has 0 aliphatic heterocycles. The van der Waals surface area contributed by atoms with Crippen LogP contribution in [0.15, 0.2) is 42.5 Å². The number of para-hydroxylation sites is 2. The molecule has 0 amide bonds. The maximum Gasteiger partial charge on any atom is 0.144 e. The van der Waals surface area contributed by atoms with Crippen molar-refractivity contribution in [1.29, 1.82) is 0 Å². The van der Waals surface area contributed by atoms with Crippen LogP contribution in [0.4, 0.5) is 0 Å². The molecule has 0 fully saturated rings. The Kier molecular flexibility index (Phi) is 2.63. The second-order valence-electron chi connectivity index (χ2n) is 4.37. The summed E-state index contributed by atoms with van der Waals surface area (Å²) < 4.78 is 7.34. The second-order valence-corrected chi connectivity index (χ2v) is 4.37. The van der Waals surface area contributed by atoms with Gasteiger partial charge in [0, 0.05) is 13.1 Å². The average Bonchev–Trinajstić information content (AvgIpc) is 2.76. The van der Waals surface area contributed by atoms with E-state index >= 15 is 0 Å². The molecular weight excluding hydrogens is 240 g/mol. The molecule has 0 atom stereocenters. The molecule has 0 unspecified atom stereocenters. The zero-order valence-electron chi connectivity index (χ0n) is 10.8. The fourth-order valence-corrected chi connectivity index (χ4v) is 2.25. The zero-order chi connectivity index (χ0) is 13.4. The van der Waals surface area contributed by atoms with Crippen molar-refractivity contribution in [2.45, 2.75) is 0 Å². The van der Waals surface area contributed by atoms with Crippen LogP contribution in [0.2, 0.25) is 0 Å². The summed E-state index contributed by atoms with van der Waals surface area (Å²) in [4.78, 5) is 4.62. The number of hydrogen-bond acceptors (Lipinski definition) is 3. The number of nitrogens with zero attached hydrogens (tertiary/aromatic N) is 2. The molecule has 0 aliphatic carbocycles. The number of phenols is 1. The normalized spacial score (nSPS) is 10.8. The maximum absolute atomic E-state index is 9.52. The van der Waals surface area contributed by atoms with Crippen LogP contribution in [-0.4, -0.2) is 21.8 Å². The summed E-state index contributed by atoms with van der Waals surface area (Å²) >= 11 is 0. The zero-order valence-corrected chi connectivity index (χ0v) is 10.8. The molecule has 2 aromatic carbocycles. The van der Waals surface area contributed by atoms with E-state index in [1.807, 2.05) is 41.9 Å². The van der Waals surface area contributed by atoms with Crippen molar-refractivity contribution in [1.82, 2.24) is 9.55 Å². The number of benzene rings is 2. The van der Waals surface area contributed by atoms with Gasteiger partial charge < -0.3 is 14.4 Å². The van der Waals surface area contributed by atoms with Crippen LogP contribution in [-0.2, 0) is 7.05 Å². The first-order valence-corrected chi connectivity index (χ1v) is 5.99. The number of aryl methyl sites for hydroxylation is 1. The van der Waals surface area contributed by atoms with Gasteiger partial charge in [-0.1, -0.05) is 12.1 Å². The predicted octanol–water partition coefficient (Wildman–Crippen LogP) is 2.95. The molecule has 4 heteroatoms. The molecule has 0 saturated carbocycles. The van der Waals surface area contributed by atoms with Crippen LogP contribution in [0.3, 0.4) is 0 Å². The standard InChI is InChI=1S/C15H14N2O2/c1-17-13-6-4-3-5-12(13)16-15(17)11-8-7-10(18)9-14(11)19-2/h3-9,18H,1-2H3. The Labute approximate surface area is 110 Å². The van der Waals surface area contributed by atoms with Crippen molar-refractivity contribution in [2.24, 2.45) is 7.05 Å². The molecule has 0 spiro atoms. The quantitative estimate of drug-likeness (QED) is 0.764. The Bertz CT molecular complexity index is 747. The highest BCUT2D eigenvalue weighted by atomic mass is 16.5. The molecule has 4 nitrogen and oxygen atoms in total. The third-order valence-electron chi connectivity index (χ3n) is 3.21. The van der Waals surface area contributed by atoms with Crippen molar-refractivity contribution in [2.75, 3.05) is 7.11 Å². The SMILES string of the molecule is COc1cc(O)ccc1-c1nc2ccccc2n1C. The largest absolute Gasteiger partial charge is 0.508 e. The minimum absolute atomic E-state index is 0.180. The lowest BCUT2D eigenvalue weighted by atomic mass is 10.2. The van der Waals surface area contributed by atoms with Gasteiger partial charge in [-0.3, -0.25) is 0 Å². The Morgan fingerprint density at radius 1 is 1.16 bits per heavy atom. The van der Waals surface area contributed by atoms with Crippen LogP contribution < -0.4 is 4.74 Å². The average molecular weight is 254 g/mol. The fraction of sp³-hybridized carbons (Fsp3) is 0.133. The van der Waals surface area contributed by atoms with E-state index in [2.05, 4.69) is 4.98 Å². The first kappa shape index (κ1) is 11.6. The monoisotopic (exact) mass is 254 g/mol. The summed E-state index contributed by atoms with van der Waals surface area (Å²) in [6, 6.07) is 13.0. The van der Waals surface area contributed by atoms with E-state index in [0.29, 0.717) is 5.75 Å². The summed E-state index contributed by atoms with van der Waals surface area (Å²) in [6.07, 6.45) is 0. The Hall–Kier alpha value is -2.49. The molecule has 1 N–H and O–H groups in total. The van der Waals surface area contributed by atoms with Crippen molar-refractivity contribution in [3.63, 3.8) is 0 Å². The molecule has 1 heterocycles. The molecule has 19 heavy (non-hydrogen) atoms. The van der Waals surface area contributed by atoms with Gasteiger partial charge in [0.2, 0.25) is 0 Å². The maximum atomic E-state index is 9.52. The Morgan fingerprint density at radius 2 is 1.95 bits per heavy atom. The number of aromatic nitrogens is 2. The van der Waals surface area contributed by atoms with E-state index in [0.717, 1.165) is 22.4 Å². The number of phenolic OH excluding ortho intramolecular Hbond substituents is 1. The Balaban J connectivity index is 2.27. The third kappa shape index (κ3) is 1.81. The molecule has 3 aromatic rings. The molecule has 0 radical (unpaired) electrons. The van der Waals surface area contributed by atoms with Gasteiger partial charge in [-0.25, -0.2) is 4.98 Å². The van der Waals surface area contributed by atoms with E-state index in [-0.39, 0.29) is 5.75 Å². The van der Waals surface area contributed by atoms with Crippen molar-refractivity contribution in [3.8, 4) is 22.9 Å². The van der Waals surface area contributed by atoms with Crippen LogP contribution in [0, 0.1) is 0 Å². The van der Waals surface area contributed by atoms with Crippen LogP contribution in [0.25, 0.3) is 22.4 Å². The van der Waals surface area contributed by atoms with Gasteiger partial charge in [-0.05, 0) is 24.3 Å². The molecule has 3 rings (SSSR count). The van der Waals surface area contributed by atoms with Gasteiger partial charge in [0.05, 0.1) is 23.7 Å². The lowest BCUT2D eigenvalue weighted by Crippen LogP contribution is -1.95. The van der Waals surface area contributed by atoms with E-state index in [4.69, 9.17) is 4.74 Å². The van der Waals surface area contributed by atoms with E-state index in [9.17, 15) is 5.11 Å². The lowest BCUT2D eigenvalue weighted by molar-refractivity contribution is 0.409. The minimum atomic E-state index is 0.180. The number of fused-ring (bicyclic) bond motifs is 1. The van der Waals surface area contributed by atoms with Gasteiger partial charge >= 0.3 is 0 Å². The number of imidazole rings is 1. The molecule has 1 aromatic heterocycles. The number of methoxy groups -OCH3 is 1. The lowest BCUT2D eigenvalue weighted by Gasteiger charge is -2.08. The van der Waals surface area contributed by atoms with Crippen LogP contribution in [0.5, 0.6) is 11.5 Å². The Morgan fingerprint density at radius 3 is 2.68 bits per heavy atom. The van der Waals surface area contributed by atoms with Crippen molar-refractivity contribution >= 4 is 11.0 Å². The third-order valence-corrected chi connectivity index (χ3v) is 3.21. The molecule has 96 valence electrons. The van der Waals surface area contributed by atoms with E-state index < -0.39 is 0 Å². The fourth-order valence-electron chi connectivity index (χ4n) is 2.25. The first-order chi connectivity index (χ1) is 9.20. The molecule has 0 aliphatic rings. The second kappa shape index (κ2) is 4.31. The van der Waals surface area contributed by atoms with Gasteiger partial charge in [-0.15, -0.1) is 0 Å². The van der Waals surface area contributed by atoms with Gasteiger partial charge in [0.15, 0.2) is 0 Å². The number of rotatable bonds is 2. The minimum Gasteiger partial charge on any atom is -0.508 e. The summed E-state index contributed by atoms with van der Waals surface area (Å²) in [5.74, 6) is 1.61. The van der Waals surface area contributed by atoms with Crippen LogP contribution in [0.1, 0.15) is 0 Å². The molecule has 0 bridgehead atoms. The highest BCUT2D eigenvalue weighted by Crippen LogP contribution is 2.33. The van der Waals surface area contributed by atoms with Crippen molar-refractivity contribution in [3.05, 3.63) is 42.5 Å². The number of aromatic hydroxyl groups is 1. The van der Waals surface area contributed by atoms with E-state index in [1.54, 1.807) is 19.2 Å². The first-order valence-electron chi connectivity index (χ1n) is 5.99. The van der Waals surface area contributed by atoms with E-state index in [1.165, 1.54) is 0 Å². The van der Waals surface area contributed by atoms with Gasteiger partial charge in [-0.2, -0.15) is 0 Å². The summed E-state index contributed by atoms with van der Waals surface area (Å²) in [5.41, 5.74) is 2.86. The number of ether oxygens (including phenoxy) is 1. The van der Waals surface area contributed by atoms with Crippen molar-refractivity contribution < 1.29 is 9.84 Å². The molecular formula is C15H14N2O2. The smallest absolute Gasteiger partial charge is 0.144 e. The molecule has 0 saturated heterocycles. The summed E-state index contributed by atoms with van der Waals surface area (Å²) in [6.45, 7) is 0. The van der Waals surface area contributed by atoms with Crippen LogP contribution >= 0.6 is 0 Å². The number of hydrogen-bond donors (Lipinski definition) is 1. The van der Waals surface area contributed by atoms with Gasteiger partial charge in [0.1, 0.15) is 17.3 Å². The highest BCUT2D eigenvalue weighted by molar-refractivity contribution is 5.82. The summed E-state index contributed by atoms with van der Waals surface area (Å²) in [7, 11) is 3.55. The summed E-state index contributed by atoms with van der Waals surface area (Å²) in [5, 5.41) is 9.52. The van der Waals surface area contributed by atoms with Gasteiger partial charge in [0.25, 0.3) is 0 Å². The highest BCUT2D eigenvalue weighted by Gasteiger charge is 2.14. The topological polar surface area (TPSA) is 47.3 Å². The predicted molar refractivity (Wildman–Crippen MR) is 74.4 cm³/mol.